The second-order valence-electron chi connectivity index (χ2n) is 0.0639. The molecule has 4 radical (unpaired) electrons. The van der Waals surface area contributed by atoms with Crippen molar-refractivity contribution >= 4 is 64.1 Å². The SMILES string of the molecule is [Bi].[Cl][Bi][Cl]. The monoisotopic (exact) mass is 488 g/mol. The van der Waals surface area contributed by atoms with Crippen LogP contribution in [0.2, 0.25) is 0 Å². The summed E-state index contributed by atoms with van der Waals surface area (Å²) in [5, 5.41) is 0. The normalized spacial score (nSPS) is 4.50. The summed E-state index contributed by atoms with van der Waals surface area (Å²) in [7, 11) is 9.89. The van der Waals surface area contributed by atoms with Crippen molar-refractivity contribution in [3.05, 3.63) is 0 Å². The van der Waals surface area contributed by atoms with Gasteiger partial charge in [-0.05, 0) is 0 Å². The maximum absolute atomic E-state index is 4.94. The summed E-state index contributed by atoms with van der Waals surface area (Å²) in [4.78, 5) is 0. The molecule has 0 heterocycles. The molecule has 0 N–H and O–H groups in total. The Morgan fingerprint density at radius 2 is 1.25 bits per heavy atom. The van der Waals surface area contributed by atoms with E-state index >= 15 is 0 Å². The Kier molecular flexibility index (Phi) is 21.7. The van der Waals surface area contributed by atoms with Gasteiger partial charge in [0.25, 0.3) is 0 Å². The third-order valence-corrected chi connectivity index (χ3v) is 0. The average Bonchev–Trinajstić information content (AvgIpc) is 0.918. The van der Waals surface area contributed by atoms with E-state index in [-0.39, 0.29) is 26.2 Å². The van der Waals surface area contributed by atoms with Gasteiger partial charge in [0.1, 0.15) is 0 Å². The first-order valence-electron chi connectivity index (χ1n) is 0.338. The summed E-state index contributed by atoms with van der Waals surface area (Å²) in [6, 6.07) is 0. The molecule has 0 fully saturated rings. The fraction of sp³-hybridized carbons (Fsp3) is 0. The van der Waals surface area contributed by atoms with E-state index in [1.807, 2.05) is 0 Å². The average molecular weight is 489 g/mol. The van der Waals surface area contributed by atoms with Gasteiger partial charge < -0.3 is 0 Å². The van der Waals surface area contributed by atoms with Crippen molar-refractivity contribution in [2.24, 2.45) is 0 Å². The van der Waals surface area contributed by atoms with Gasteiger partial charge in [-0.3, -0.25) is 0 Å². The van der Waals surface area contributed by atoms with Crippen molar-refractivity contribution in [1.29, 1.82) is 0 Å². The van der Waals surface area contributed by atoms with Crippen LogP contribution in [-0.4, -0.2) is 47.1 Å². The van der Waals surface area contributed by atoms with Crippen molar-refractivity contribution in [3.8, 4) is 0 Å². The van der Waals surface area contributed by atoms with E-state index in [1.54, 1.807) is 0 Å². The topological polar surface area (TPSA) is 0 Å². The number of halogens is 2. The Morgan fingerprint density at radius 1 is 1.25 bits per heavy atom. The zero-order valence-electron chi connectivity index (χ0n) is 1.65. The zero-order chi connectivity index (χ0) is 2.71. The van der Waals surface area contributed by atoms with E-state index < -0.39 is 20.8 Å². The molecule has 24 valence electrons. The predicted octanol–water partition coefficient (Wildman–Crippen LogP) is 0.617. The van der Waals surface area contributed by atoms with Crippen molar-refractivity contribution < 1.29 is 0 Å². The van der Waals surface area contributed by atoms with Crippen LogP contribution in [-0.2, 0) is 0 Å². The molecule has 0 aromatic carbocycles. The molecule has 0 aliphatic carbocycles. The minimum absolute atomic E-state index is 0. The molecule has 4 heteroatoms. The number of hydrogen-bond donors (Lipinski definition) is 0. The number of hydrogen-bond acceptors (Lipinski definition) is 0. The first kappa shape index (κ1) is 9.60. The molecule has 0 aliphatic rings. The summed E-state index contributed by atoms with van der Waals surface area (Å²) in [5.41, 5.74) is 0. The summed E-state index contributed by atoms with van der Waals surface area (Å²) in [5.74, 6) is 0. The van der Waals surface area contributed by atoms with Gasteiger partial charge in [0.2, 0.25) is 0 Å². The first-order valence-corrected chi connectivity index (χ1v) is 8.90. The predicted molar refractivity (Wildman–Crippen MR) is 23.2 cm³/mol. The Balaban J connectivity index is 0. The van der Waals surface area contributed by atoms with Crippen LogP contribution in [0, 0.1) is 0 Å². The standard InChI is InChI=1S/2Bi.2ClH/h;;2*1H/q;+2;;/p-2. The van der Waals surface area contributed by atoms with Gasteiger partial charge in [-0.2, -0.15) is 0 Å². The van der Waals surface area contributed by atoms with Gasteiger partial charge in [-0.25, -0.2) is 0 Å². The van der Waals surface area contributed by atoms with Gasteiger partial charge in [-0.15, -0.1) is 0 Å². The Hall–Kier alpha value is 2.35. The van der Waals surface area contributed by atoms with E-state index in [9.17, 15) is 0 Å². The van der Waals surface area contributed by atoms with Crippen molar-refractivity contribution in [2.45, 2.75) is 0 Å². The van der Waals surface area contributed by atoms with Crippen LogP contribution in [0.5, 0.6) is 0 Å². The summed E-state index contributed by atoms with van der Waals surface area (Å²) >= 11 is -0.889. The van der Waals surface area contributed by atoms with E-state index in [1.165, 1.54) is 0 Å². The second kappa shape index (κ2) is 9.02. The Bertz CT molecular complexity index is 4.00. The fourth-order valence-corrected chi connectivity index (χ4v) is 0. The second-order valence-corrected chi connectivity index (χ2v) is 5.05. The molecule has 0 saturated heterocycles. The first-order chi connectivity index (χ1) is 1.41. The molecule has 0 atom stereocenters. The van der Waals surface area contributed by atoms with Crippen LogP contribution in [0.1, 0.15) is 0 Å². The van der Waals surface area contributed by atoms with Crippen molar-refractivity contribution in [3.63, 3.8) is 0 Å². The molecule has 0 bridgehead atoms. The molecule has 0 rings (SSSR count). The Morgan fingerprint density at radius 3 is 1.25 bits per heavy atom. The van der Waals surface area contributed by atoms with Gasteiger partial charge in [0, 0.05) is 26.2 Å². The van der Waals surface area contributed by atoms with Crippen LogP contribution in [0.25, 0.3) is 0 Å². The van der Waals surface area contributed by atoms with E-state index in [0.29, 0.717) is 0 Å². The molecule has 4 heavy (non-hydrogen) atoms. The van der Waals surface area contributed by atoms with E-state index in [2.05, 4.69) is 0 Å². The van der Waals surface area contributed by atoms with Gasteiger partial charge in [-0.1, -0.05) is 0 Å². The summed E-state index contributed by atoms with van der Waals surface area (Å²) in [6.45, 7) is 0. The van der Waals surface area contributed by atoms with Crippen LogP contribution < -0.4 is 0 Å². The van der Waals surface area contributed by atoms with Gasteiger partial charge in [0.15, 0.2) is 0 Å². The molecule has 0 amide bonds. The molecule has 0 unspecified atom stereocenters. The molecular weight excluding hydrogens is 489 g/mol. The van der Waals surface area contributed by atoms with Crippen LogP contribution in [0.15, 0.2) is 0 Å². The fourth-order valence-electron chi connectivity index (χ4n) is 0. The molecular formula is Bi2Cl2. The number of rotatable bonds is 0. The molecule has 0 aromatic heterocycles. The van der Waals surface area contributed by atoms with Gasteiger partial charge >= 0.3 is 37.9 Å². The Labute approximate surface area is 63.0 Å². The van der Waals surface area contributed by atoms with Crippen LogP contribution in [0.4, 0.5) is 0 Å². The quantitative estimate of drug-likeness (QED) is 0.439. The molecule has 0 aromatic rings. The molecule has 0 saturated carbocycles. The summed E-state index contributed by atoms with van der Waals surface area (Å²) in [6.07, 6.45) is 0. The summed E-state index contributed by atoms with van der Waals surface area (Å²) < 4.78 is 0. The molecule has 0 aliphatic heterocycles. The van der Waals surface area contributed by atoms with Crippen LogP contribution in [0.3, 0.4) is 0 Å². The molecule has 0 spiro atoms. The maximum atomic E-state index is 4.94. The zero-order valence-corrected chi connectivity index (χ0v) is 10.1. The minimum atomic E-state index is -0.889. The van der Waals surface area contributed by atoms with E-state index in [0.717, 1.165) is 0 Å². The third-order valence-electron chi connectivity index (χ3n) is 0. The van der Waals surface area contributed by atoms with E-state index in [4.69, 9.17) is 17.0 Å². The molecule has 0 nitrogen and oxygen atoms in total. The third kappa shape index (κ3) is 8.84. The van der Waals surface area contributed by atoms with Crippen molar-refractivity contribution in [2.75, 3.05) is 0 Å². The van der Waals surface area contributed by atoms with Crippen LogP contribution >= 0.6 is 17.0 Å². The van der Waals surface area contributed by atoms with Gasteiger partial charge in [0.05, 0.1) is 0 Å². The van der Waals surface area contributed by atoms with Crippen molar-refractivity contribution in [1.82, 2.24) is 0 Å².